The second kappa shape index (κ2) is 8.23. The minimum absolute atomic E-state index is 0.0690. The molecule has 0 aliphatic heterocycles. The van der Waals surface area contributed by atoms with Crippen molar-refractivity contribution in [3.8, 4) is 0 Å². The Labute approximate surface area is 162 Å². The van der Waals surface area contributed by atoms with Crippen LogP contribution in [0.5, 0.6) is 0 Å². The van der Waals surface area contributed by atoms with E-state index in [4.69, 9.17) is 0 Å². The lowest BCUT2D eigenvalue weighted by Crippen LogP contribution is -2.39. The molecule has 0 aliphatic rings. The maximum absolute atomic E-state index is 12.5. The first-order valence-electron chi connectivity index (χ1n) is 8.93. The Morgan fingerprint density at radius 3 is 2.11 bits per heavy atom. The van der Waals surface area contributed by atoms with E-state index in [-0.39, 0.29) is 28.8 Å². The van der Waals surface area contributed by atoms with Gasteiger partial charge in [-0.05, 0) is 35.6 Å². The maximum Gasteiger partial charge on any atom is 0.243 e. The third-order valence-corrected chi connectivity index (χ3v) is 6.29. The van der Waals surface area contributed by atoms with Crippen LogP contribution in [0.1, 0.15) is 44.9 Å². The van der Waals surface area contributed by atoms with Crippen LogP contribution in [-0.4, -0.2) is 32.2 Å². The van der Waals surface area contributed by atoms with E-state index >= 15 is 0 Å². The number of likely N-dealkylation sites (N-methyl/N-ethyl adjacent to an activating group) is 1. The predicted octanol–water partition coefficient (Wildman–Crippen LogP) is 3.48. The van der Waals surface area contributed by atoms with Crippen LogP contribution in [0.3, 0.4) is 0 Å². The van der Waals surface area contributed by atoms with E-state index in [2.05, 4.69) is 38.2 Å². The Hall–Kier alpha value is -2.18. The second-order valence-corrected chi connectivity index (χ2v) is 9.78. The monoisotopic (exact) mass is 388 g/mol. The first-order chi connectivity index (χ1) is 12.5. The van der Waals surface area contributed by atoms with Gasteiger partial charge in [-0.15, -0.1) is 0 Å². The highest BCUT2D eigenvalue weighted by molar-refractivity contribution is 7.89. The van der Waals surface area contributed by atoms with E-state index in [9.17, 15) is 13.2 Å². The van der Waals surface area contributed by atoms with Gasteiger partial charge in [0.25, 0.3) is 0 Å². The standard InChI is InChI=1S/C21H28N2O3S/c1-16(17-11-13-18(14-12-17)21(2,3)4)22-20(24)15-23(5)27(25,26)19-9-7-6-8-10-19/h6-14,16H,15H2,1-5H3,(H,22,24). The molecule has 0 fully saturated rings. The third kappa shape index (κ3) is 5.40. The molecule has 2 aromatic carbocycles. The van der Waals surface area contributed by atoms with Crippen LogP contribution in [0.2, 0.25) is 0 Å². The molecule has 146 valence electrons. The van der Waals surface area contributed by atoms with E-state index in [1.165, 1.54) is 24.7 Å². The first kappa shape index (κ1) is 21.1. The molecule has 0 aliphatic carbocycles. The average Bonchev–Trinajstić information content (AvgIpc) is 2.61. The Morgan fingerprint density at radius 1 is 1.04 bits per heavy atom. The van der Waals surface area contributed by atoms with Crippen LogP contribution in [0.15, 0.2) is 59.5 Å². The van der Waals surface area contributed by atoms with Crippen molar-refractivity contribution in [3.63, 3.8) is 0 Å². The van der Waals surface area contributed by atoms with Crippen molar-refractivity contribution in [2.24, 2.45) is 0 Å². The lowest BCUT2D eigenvalue weighted by Gasteiger charge is -2.21. The number of carbonyl (C=O) groups excluding carboxylic acids is 1. The molecule has 0 saturated carbocycles. The molecular formula is C21H28N2O3S. The molecule has 1 atom stereocenters. The predicted molar refractivity (Wildman–Crippen MR) is 108 cm³/mol. The molecule has 1 N–H and O–H groups in total. The van der Waals surface area contributed by atoms with Crippen molar-refractivity contribution in [2.75, 3.05) is 13.6 Å². The van der Waals surface area contributed by atoms with Gasteiger partial charge >= 0.3 is 0 Å². The van der Waals surface area contributed by atoms with Gasteiger partial charge < -0.3 is 5.32 Å². The molecule has 1 amide bonds. The number of hydrogen-bond acceptors (Lipinski definition) is 3. The fraction of sp³-hybridized carbons (Fsp3) is 0.381. The fourth-order valence-electron chi connectivity index (χ4n) is 2.70. The summed E-state index contributed by atoms with van der Waals surface area (Å²) in [5.74, 6) is -0.343. The summed E-state index contributed by atoms with van der Waals surface area (Å²) >= 11 is 0. The lowest BCUT2D eigenvalue weighted by atomic mass is 9.86. The summed E-state index contributed by atoms with van der Waals surface area (Å²) in [6.07, 6.45) is 0. The van der Waals surface area contributed by atoms with Crippen LogP contribution < -0.4 is 5.32 Å². The smallest absolute Gasteiger partial charge is 0.243 e. The quantitative estimate of drug-likeness (QED) is 0.824. The third-order valence-electron chi connectivity index (χ3n) is 4.47. The highest BCUT2D eigenvalue weighted by Crippen LogP contribution is 2.24. The van der Waals surface area contributed by atoms with Gasteiger partial charge in [0.2, 0.25) is 15.9 Å². The van der Waals surface area contributed by atoms with Gasteiger partial charge in [0.15, 0.2) is 0 Å². The highest BCUT2D eigenvalue weighted by Gasteiger charge is 2.23. The number of amides is 1. The summed E-state index contributed by atoms with van der Waals surface area (Å²) in [6, 6.07) is 16.0. The minimum Gasteiger partial charge on any atom is -0.348 e. The van der Waals surface area contributed by atoms with Gasteiger partial charge in [-0.2, -0.15) is 4.31 Å². The van der Waals surface area contributed by atoms with Gasteiger partial charge in [-0.3, -0.25) is 4.79 Å². The van der Waals surface area contributed by atoms with Crippen molar-refractivity contribution in [1.29, 1.82) is 0 Å². The normalized spacial score (nSPS) is 13.4. The van der Waals surface area contributed by atoms with E-state index in [0.29, 0.717) is 0 Å². The van der Waals surface area contributed by atoms with E-state index in [1.54, 1.807) is 18.2 Å². The molecule has 0 bridgehead atoms. The molecule has 0 saturated heterocycles. The largest absolute Gasteiger partial charge is 0.348 e. The number of nitrogens with one attached hydrogen (secondary N) is 1. The number of nitrogens with zero attached hydrogens (tertiary/aromatic N) is 1. The zero-order valence-corrected chi connectivity index (χ0v) is 17.4. The topological polar surface area (TPSA) is 66.5 Å². The molecule has 1 unspecified atom stereocenters. The Morgan fingerprint density at radius 2 is 1.59 bits per heavy atom. The van der Waals surface area contributed by atoms with Crippen molar-refractivity contribution in [3.05, 3.63) is 65.7 Å². The van der Waals surface area contributed by atoms with Gasteiger partial charge in [-0.1, -0.05) is 63.2 Å². The first-order valence-corrected chi connectivity index (χ1v) is 10.4. The van der Waals surface area contributed by atoms with Crippen molar-refractivity contribution < 1.29 is 13.2 Å². The number of hydrogen-bond donors (Lipinski definition) is 1. The average molecular weight is 389 g/mol. The lowest BCUT2D eigenvalue weighted by molar-refractivity contribution is -0.121. The number of benzene rings is 2. The van der Waals surface area contributed by atoms with Crippen molar-refractivity contribution in [2.45, 2.75) is 44.0 Å². The van der Waals surface area contributed by atoms with Gasteiger partial charge in [0.1, 0.15) is 0 Å². The summed E-state index contributed by atoms with van der Waals surface area (Å²) in [6.45, 7) is 8.10. The molecule has 0 spiro atoms. The highest BCUT2D eigenvalue weighted by atomic mass is 32.2. The molecule has 2 aromatic rings. The molecule has 5 nitrogen and oxygen atoms in total. The van der Waals surface area contributed by atoms with Gasteiger partial charge in [-0.25, -0.2) is 8.42 Å². The summed E-state index contributed by atoms with van der Waals surface area (Å²) in [5, 5.41) is 2.86. The van der Waals surface area contributed by atoms with Gasteiger partial charge in [0.05, 0.1) is 17.5 Å². The summed E-state index contributed by atoms with van der Waals surface area (Å²) in [7, 11) is -2.28. The molecule has 0 aromatic heterocycles. The fourth-order valence-corrected chi connectivity index (χ4v) is 3.85. The molecular weight excluding hydrogens is 360 g/mol. The zero-order valence-electron chi connectivity index (χ0n) is 16.6. The number of carbonyl (C=O) groups is 1. The summed E-state index contributed by atoms with van der Waals surface area (Å²) in [5.41, 5.74) is 2.27. The van der Waals surface area contributed by atoms with Crippen molar-refractivity contribution in [1.82, 2.24) is 9.62 Å². The molecule has 0 heterocycles. The Bertz CT molecular complexity index is 870. The number of rotatable bonds is 6. The van der Waals surface area contributed by atoms with Crippen LogP contribution in [0.25, 0.3) is 0 Å². The summed E-state index contributed by atoms with van der Waals surface area (Å²) < 4.78 is 26.1. The molecule has 2 rings (SSSR count). The molecule has 6 heteroatoms. The van der Waals surface area contributed by atoms with Crippen molar-refractivity contribution >= 4 is 15.9 Å². The number of sulfonamides is 1. The Balaban J connectivity index is 2.00. The zero-order chi connectivity index (χ0) is 20.2. The van der Waals surface area contributed by atoms with Crippen LogP contribution >= 0.6 is 0 Å². The van der Waals surface area contributed by atoms with Gasteiger partial charge in [0, 0.05) is 7.05 Å². The van der Waals surface area contributed by atoms with E-state index in [1.807, 2.05) is 19.1 Å². The molecule has 27 heavy (non-hydrogen) atoms. The summed E-state index contributed by atoms with van der Waals surface area (Å²) in [4.78, 5) is 12.5. The van der Waals surface area contributed by atoms with Crippen LogP contribution in [0.4, 0.5) is 0 Å². The van der Waals surface area contributed by atoms with Crippen LogP contribution in [0, 0.1) is 0 Å². The van der Waals surface area contributed by atoms with E-state index in [0.717, 1.165) is 9.87 Å². The Kier molecular flexibility index (Phi) is 6.44. The SMILES string of the molecule is CC(NC(=O)CN(C)S(=O)(=O)c1ccccc1)c1ccc(C(C)(C)C)cc1. The second-order valence-electron chi connectivity index (χ2n) is 7.74. The maximum atomic E-state index is 12.5. The molecule has 0 radical (unpaired) electrons. The van der Waals surface area contributed by atoms with E-state index < -0.39 is 10.0 Å². The minimum atomic E-state index is -3.68. The van der Waals surface area contributed by atoms with Crippen LogP contribution in [-0.2, 0) is 20.2 Å².